The van der Waals surface area contributed by atoms with Crippen LogP contribution in [0.5, 0.6) is 0 Å². The Labute approximate surface area is 85.2 Å². The minimum atomic E-state index is -0.716. The fraction of sp³-hybridized carbons (Fsp3) is 0.111. The lowest BCUT2D eigenvalue weighted by molar-refractivity contribution is -0.116. The van der Waals surface area contributed by atoms with Gasteiger partial charge in [0.15, 0.2) is 0 Å². The molecule has 0 spiro atoms. The fourth-order valence-corrected chi connectivity index (χ4v) is 1.09. The Morgan fingerprint density at radius 2 is 2.13 bits per heavy atom. The quantitative estimate of drug-likeness (QED) is 0.655. The number of nitrogens with zero attached hydrogens (tertiary/aromatic N) is 3. The lowest BCUT2D eigenvalue weighted by Crippen LogP contribution is -2.37. The van der Waals surface area contributed by atoms with Crippen LogP contribution in [-0.4, -0.2) is 35.0 Å². The maximum absolute atomic E-state index is 11.2. The highest BCUT2D eigenvalue weighted by Gasteiger charge is 2.22. The van der Waals surface area contributed by atoms with Crippen molar-refractivity contribution in [1.29, 1.82) is 0 Å². The zero-order valence-electron chi connectivity index (χ0n) is 7.66. The van der Waals surface area contributed by atoms with Crippen molar-refractivity contribution < 1.29 is 14.3 Å². The molecule has 0 unspecified atom stereocenters. The highest BCUT2D eigenvalue weighted by atomic mass is 16.6. The van der Waals surface area contributed by atoms with E-state index in [1.54, 1.807) is 24.5 Å². The van der Waals surface area contributed by atoms with E-state index in [1.165, 1.54) is 0 Å². The van der Waals surface area contributed by atoms with E-state index in [0.717, 1.165) is 4.90 Å². The number of cyclic esters (lactones) is 1. The summed E-state index contributed by atoms with van der Waals surface area (Å²) in [7, 11) is 0. The van der Waals surface area contributed by atoms with Gasteiger partial charge in [0.1, 0.15) is 6.67 Å². The maximum atomic E-state index is 11.2. The molecule has 0 N–H and O–H groups in total. The second-order valence-corrected chi connectivity index (χ2v) is 2.78. The van der Waals surface area contributed by atoms with Crippen molar-refractivity contribution in [1.82, 2.24) is 9.88 Å². The van der Waals surface area contributed by atoms with Crippen molar-refractivity contribution in [2.24, 2.45) is 4.99 Å². The molecule has 0 bridgehead atoms. The molecule has 1 aromatic rings. The summed E-state index contributed by atoms with van der Waals surface area (Å²) < 4.78 is 4.85. The van der Waals surface area contributed by atoms with Crippen LogP contribution in [0.15, 0.2) is 29.5 Å². The average molecular weight is 205 g/mol. The highest BCUT2D eigenvalue weighted by molar-refractivity contribution is 6.02. The topological polar surface area (TPSA) is 71.9 Å². The summed E-state index contributed by atoms with van der Waals surface area (Å²) in [5, 5.41) is 0. The minimum Gasteiger partial charge on any atom is -0.390 e. The zero-order chi connectivity index (χ0) is 10.7. The molecule has 76 valence electrons. The molecule has 0 aliphatic carbocycles. The molecule has 15 heavy (non-hydrogen) atoms. The van der Waals surface area contributed by atoms with Crippen molar-refractivity contribution >= 4 is 18.4 Å². The van der Waals surface area contributed by atoms with E-state index in [0.29, 0.717) is 12.0 Å². The molecule has 6 nitrogen and oxygen atoms in total. The van der Waals surface area contributed by atoms with Gasteiger partial charge in [-0.2, -0.15) is 0 Å². The van der Waals surface area contributed by atoms with Gasteiger partial charge < -0.3 is 4.74 Å². The van der Waals surface area contributed by atoms with Crippen LogP contribution in [0.4, 0.5) is 4.79 Å². The summed E-state index contributed by atoms with van der Waals surface area (Å²) in [6.07, 6.45) is 2.80. The number of rotatable bonds is 2. The van der Waals surface area contributed by atoms with Crippen LogP contribution in [0.25, 0.3) is 0 Å². The number of pyridine rings is 1. The van der Waals surface area contributed by atoms with Gasteiger partial charge in [0.05, 0.1) is 0 Å². The molecular weight excluding hydrogens is 198 g/mol. The number of hydrogen-bond donors (Lipinski definition) is 0. The number of carbonyl (C=O) groups excluding carboxylic acids is 2. The summed E-state index contributed by atoms with van der Waals surface area (Å²) in [5.74, 6) is 0.209. The average Bonchev–Trinajstić information content (AvgIpc) is 2.30. The van der Waals surface area contributed by atoms with Crippen molar-refractivity contribution in [3.05, 3.63) is 30.1 Å². The predicted molar refractivity (Wildman–Crippen MR) is 50.0 cm³/mol. The van der Waals surface area contributed by atoms with Crippen LogP contribution >= 0.6 is 0 Å². The van der Waals surface area contributed by atoms with Crippen molar-refractivity contribution in [2.45, 2.75) is 0 Å². The van der Waals surface area contributed by atoms with Gasteiger partial charge in [-0.1, -0.05) is 0 Å². The number of aliphatic imine (C=N–C) groups is 1. The second kappa shape index (κ2) is 3.87. The Balaban J connectivity index is 2.24. The van der Waals surface area contributed by atoms with Gasteiger partial charge in [-0.15, -0.1) is 0 Å². The lowest BCUT2D eigenvalue weighted by Gasteiger charge is -2.19. The van der Waals surface area contributed by atoms with Crippen LogP contribution in [0, 0.1) is 0 Å². The van der Waals surface area contributed by atoms with Gasteiger partial charge in [0.25, 0.3) is 0 Å². The second-order valence-electron chi connectivity index (χ2n) is 2.78. The molecule has 1 aliphatic rings. The summed E-state index contributed by atoms with van der Waals surface area (Å²) in [5.41, 5.74) is 0.656. The van der Waals surface area contributed by atoms with Crippen LogP contribution in [0.2, 0.25) is 0 Å². The maximum Gasteiger partial charge on any atom is 0.424 e. The number of carbonyl (C=O) groups is 2. The molecule has 0 radical (unpaired) electrons. The molecule has 0 atom stereocenters. The Hall–Kier alpha value is -2.24. The molecule has 0 fully saturated rings. The third kappa shape index (κ3) is 1.83. The first-order valence-corrected chi connectivity index (χ1v) is 4.20. The smallest absolute Gasteiger partial charge is 0.390 e. The first kappa shape index (κ1) is 9.32. The summed E-state index contributed by atoms with van der Waals surface area (Å²) in [4.78, 5) is 30.2. The van der Waals surface area contributed by atoms with Gasteiger partial charge in [-0.3, -0.25) is 9.78 Å². The molecule has 0 aromatic carbocycles. The van der Waals surface area contributed by atoms with E-state index in [2.05, 4.69) is 9.98 Å². The molecule has 2 heterocycles. The molecule has 0 saturated carbocycles. The largest absolute Gasteiger partial charge is 0.424 e. The Kier molecular flexibility index (Phi) is 2.40. The third-order valence-electron chi connectivity index (χ3n) is 1.84. The standard InChI is InChI=1S/C9H7N3O3/c13-6-12-5-11-8(15-9(12)14)7-1-3-10-4-2-7/h1-4,6H,5H2. The van der Waals surface area contributed by atoms with Crippen LogP contribution < -0.4 is 0 Å². The molecule has 0 saturated heterocycles. The lowest BCUT2D eigenvalue weighted by atomic mass is 10.3. The number of imide groups is 1. The molecule has 6 heteroatoms. The highest BCUT2D eigenvalue weighted by Crippen LogP contribution is 2.08. The first-order valence-electron chi connectivity index (χ1n) is 4.20. The molecule has 1 aliphatic heterocycles. The van der Waals surface area contributed by atoms with Gasteiger partial charge in [-0.05, 0) is 12.1 Å². The van der Waals surface area contributed by atoms with E-state index >= 15 is 0 Å². The SMILES string of the molecule is O=CN1CN=C(c2ccncc2)OC1=O. The van der Waals surface area contributed by atoms with E-state index < -0.39 is 6.09 Å². The number of hydrogen-bond acceptors (Lipinski definition) is 5. The first-order chi connectivity index (χ1) is 7.31. The number of ether oxygens (including phenoxy) is 1. The minimum absolute atomic E-state index is 0.0139. The predicted octanol–water partition coefficient (Wildman–Crippen LogP) is 0.394. The fourth-order valence-electron chi connectivity index (χ4n) is 1.09. The number of aromatic nitrogens is 1. The molecule has 2 rings (SSSR count). The van der Waals surface area contributed by atoms with Crippen molar-refractivity contribution in [3.63, 3.8) is 0 Å². The Morgan fingerprint density at radius 3 is 2.73 bits per heavy atom. The van der Waals surface area contributed by atoms with E-state index in [4.69, 9.17) is 4.74 Å². The summed E-state index contributed by atoms with van der Waals surface area (Å²) >= 11 is 0. The normalized spacial score (nSPS) is 15.6. The molecule has 2 amide bonds. The summed E-state index contributed by atoms with van der Waals surface area (Å²) in [6.45, 7) is -0.0139. The van der Waals surface area contributed by atoms with Crippen LogP contribution in [-0.2, 0) is 9.53 Å². The van der Waals surface area contributed by atoms with Crippen molar-refractivity contribution in [3.8, 4) is 0 Å². The zero-order valence-corrected chi connectivity index (χ0v) is 7.66. The van der Waals surface area contributed by atoms with Crippen molar-refractivity contribution in [2.75, 3.05) is 6.67 Å². The van der Waals surface area contributed by atoms with E-state index in [1.807, 2.05) is 0 Å². The Morgan fingerprint density at radius 1 is 1.40 bits per heavy atom. The van der Waals surface area contributed by atoms with Gasteiger partial charge in [0, 0.05) is 18.0 Å². The third-order valence-corrected chi connectivity index (χ3v) is 1.84. The van der Waals surface area contributed by atoms with Gasteiger partial charge >= 0.3 is 6.09 Å². The molecule has 1 aromatic heterocycles. The van der Waals surface area contributed by atoms with Crippen LogP contribution in [0.1, 0.15) is 5.56 Å². The monoisotopic (exact) mass is 205 g/mol. The summed E-state index contributed by atoms with van der Waals surface area (Å²) in [6, 6.07) is 3.34. The molecular formula is C9H7N3O3. The van der Waals surface area contributed by atoms with E-state index in [-0.39, 0.29) is 12.6 Å². The number of amides is 2. The van der Waals surface area contributed by atoms with Crippen LogP contribution in [0.3, 0.4) is 0 Å². The van der Waals surface area contributed by atoms with Gasteiger partial charge in [0.2, 0.25) is 12.3 Å². The Bertz CT molecular complexity index is 416. The van der Waals surface area contributed by atoms with Gasteiger partial charge in [-0.25, -0.2) is 14.7 Å². The van der Waals surface area contributed by atoms with E-state index in [9.17, 15) is 9.59 Å².